The Labute approximate surface area is 111 Å². The first-order chi connectivity index (χ1) is 8.78. The SMILES string of the molecule is CCOC(=O)CCc1csc(CC2CCCO2)n1. The van der Waals surface area contributed by atoms with Crippen LogP contribution in [0.3, 0.4) is 0 Å². The summed E-state index contributed by atoms with van der Waals surface area (Å²) in [4.78, 5) is 15.8. The van der Waals surface area contributed by atoms with Crippen LogP contribution in [-0.2, 0) is 27.1 Å². The summed E-state index contributed by atoms with van der Waals surface area (Å²) >= 11 is 1.66. The van der Waals surface area contributed by atoms with E-state index in [2.05, 4.69) is 4.98 Å². The van der Waals surface area contributed by atoms with Crippen LogP contribution in [0.15, 0.2) is 5.38 Å². The first-order valence-corrected chi connectivity index (χ1v) is 7.36. The Hall–Kier alpha value is -0.940. The molecule has 0 aliphatic carbocycles. The van der Waals surface area contributed by atoms with E-state index in [1.54, 1.807) is 11.3 Å². The fraction of sp³-hybridized carbons (Fsp3) is 0.692. The van der Waals surface area contributed by atoms with Crippen LogP contribution < -0.4 is 0 Å². The van der Waals surface area contributed by atoms with Gasteiger partial charge >= 0.3 is 5.97 Å². The van der Waals surface area contributed by atoms with Crippen molar-refractivity contribution < 1.29 is 14.3 Å². The molecule has 5 heteroatoms. The van der Waals surface area contributed by atoms with Crippen molar-refractivity contribution in [3.05, 3.63) is 16.1 Å². The molecule has 0 amide bonds. The highest BCUT2D eigenvalue weighted by Gasteiger charge is 2.17. The van der Waals surface area contributed by atoms with E-state index in [4.69, 9.17) is 9.47 Å². The van der Waals surface area contributed by atoms with Gasteiger partial charge in [0.25, 0.3) is 0 Å². The Morgan fingerprint density at radius 2 is 2.56 bits per heavy atom. The number of rotatable bonds is 6. The maximum Gasteiger partial charge on any atom is 0.306 e. The monoisotopic (exact) mass is 269 g/mol. The lowest BCUT2D eigenvalue weighted by atomic mass is 10.2. The van der Waals surface area contributed by atoms with E-state index in [9.17, 15) is 4.79 Å². The molecule has 1 unspecified atom stereocenters. The van der Waals surface area contributed by atoms with Gasteiger partial charge in [-0.25, -0.2) is 4.98 Å². The number of hydrogen-bond donors (Lipinski definition) is 0. The third-order valence-electron chi connectivity index (χ3n) is 2.92. The summed E-state index contributed by atoms with van der Waals surface area (Å²) in [7, 11) is 0. The average Bonchev–Trinajstić information content (AvgIpc) is 2.99. The van der Waals surface area contributed by atoms with Gasteiger partial charge in [-0.05, 0) is 19.8 Å². The van der Waals surface area contributed by atoms with Crippen LogP contribution >= 0.6 is 11.3 Å². The summed E-state index contributed by atoms with van der Waals surface area (Å²) in [5, 5.41) is 3.14. The number of thiazole rings is 1. The highest BCUT2D eigenvalue weighted by Crippen LogP contribution is 2.20. The van der Waals surface area contributed by atoms with Crippen molar-refractivity contribution in [2.45, 2.75) is 45.1 Å². The second kappa shape index (κ2) is 6.85. The summed E-state index contributed by atoms with van der Waals surface area (Å²) < 4.78 is 10.5. The number of carbonyl (C=O) groups is 1. The first-order valence-electron chi connectivity index (χ1n) is 6.48. The molecule has 18 heavy (non-hydrogen) atoms. The molecule has 1 aliphatic heterocycles. The van der Waals surface area contributed by atoms with Crippen LogP contribution in [0.2, 0.25) is 0 Å². The summed E-state index contributed by atoms with van der Waals surface area (Å²) in [6, 6.07) is 0. The molecule has 0 spiro atoms. The topological polar surface area (TPSA) is 48.4 Å². The van der Waals surface area contributed by atoms with Gasteiger partial charge < -0.3 is 9.47 Å². The van der Waals surface area contributed by atoms with Crippen molar-refractivity contribution in [1.29, 1.82) is 0 Å². The Morgan fingerprint density at radius 1 is 1.67 bits per heavy atom. The minimum Gasteiger partial charge on any atom is -0.466 e. The second-order valence-corrected chi connectivity index (χ2v) is 5.32. The van der Waals surface area contributed by atoms with E-state index in [-0.39, 0.29) is 5.97 Å². The minimum absolute atomic E-state index is 0.147. The second-order valence-electron chi connectivity index (χ2n) is 4.38. The molecule has 1 aromatic rings. The molecule has 0 bridgehead atoms. The summed E-state index contributed by atoms with van der Waals surface area (Å²) in [5.74, 6) is -0.147. The van der Waals surface area contributed by atoms with Crippen molar-refractivity contribution in [1.82, 2.24) is 4.98 Å². The number of carbonyl (C=O) groups excluding carboxylic acids is 1. The number of esters is 1. The first kappa shape index (κ1) is 13.5. The van der Waals surface area contributed by atoms with Crippen LogP contribution in [0.5, 0.6) is 0 Å². The molecule has 1 aliphatic rings. The molecule has 0 N–H and O–H groups in total. The van der Waals surface area contributed by atoms with Crippen molar-refractivity contribution in [2.75, 3.05) is 13.2 Å². The zero-order chi connectivity index (χ0) is 12.8. The van der Waals surface area contributed by atoms with Crippen LogP contribution in [0.25, 0.3) is 0 Å². The predicted octanol–water partition coefficient (Wildman–Crippen LogP) is 2.36. The van der Waals surface area contributed by atoms with E-state index >= 15 is 0 Å². The lowest BCUT2D eigenvalue weighted by Crippen LogP contribution is -2.09. The number of nitrogens with zero attached hydrogens (tertiary/aromatic N) is 1. The third kappa shape index (κ3) is 4.07. The molecule has 0 radical (unpaired) electrons. The van der Waals surface area contributed by atoms with E-state index in [0.717, 1.165) is 36.6 Å². The molecule has 1 atom stereocenters. The lowest BCUT2D eigenvalue weighted by Gasteiger charge is -2.05. The van der Waals surface area contributed by atoms with Crippen molar-refractivity contribution >= 4 is 17.3 Å². The van der Waals surface area contributed by atoms with Gasteiger partial charge in [-0.1, -0.05) is 0 Å². The van der Waals surface area contributed by atoms with Gasteiger partial charge in [0.15, 0.2) is 0 Å². The van der Waals surface area contributed by atoms with Crippen LogP contribution in [0.4, 0.5) is 0 Å². The fourth-order valence-electron chi connectivity index (χ4n) is 2.02. The van der Waals surface area contributed by atoms with Gasteiger partial charge in [0, 0.05) is 24.8 Å². The number of aryl methyl sites for hydroxylation is 1. The molecular formula is C13H19NO3S. The third-order valence-corrected chi connectivity index (χ3v) is 3.84. The predicted molar refractivity (Wildman–Crippen MR) is 69.7 cm³/mol. The largest absolute Gasteiger partial charge is 0.466 e. The molecular weight excluding hydrogens is 250 g/mol. The number of ether oxygens (including phenoxy) is 2. The zero-order valence-electron chi connectivity index (χ0n) is 10.7. The molecule has 2 heterocycles. The van der Waals surface area contributed by atoms with E-state index in [1.807, 2.05) is 12.3 Å². The van der Waals surface area contributed by atoms with Crippen molar-refractivity contribution in [3.8, 4) is 0 Å². The van der Waals surface area contributed by atoms with Gasteiger partial charge in [0.1, 0.15) is 0 Å². The summed E-state index contributed by atoms with van der Waals surface area (Å²) in [5.41, 5.74) is 0.987. The smallest absolute Gasteiger partial charge is 0.306 e. The van der Waals surface area contributed by atoms with E-state index < -0.39 is 0 Å². The molecule has 1 saturated heterocycles. The molecule has 1 aromatic heterocycles. The number of hydrogen-bond acceptors (Lipinski definition) is 5. The maximum atomic E-state index is 11.2. The molecule has 2 rings (SSSR count). The quantitative estimate of drug-likeness (QED) is 0.744. The zero-order valence-corrected chi connectivity index (χ0v) is 11.5. The highest BCUT2D eigenvalue weighted by molar-refractivity contribution is 7.09. The van der Waals surface area contributed by atoms with Gasteiger partial charge in [0.2, 0.25) is 0 Å². The van der Waals surface area contributed by atoms with Gasteiger partial charge in [-0.3, -0.25) is 4.79 Å². The van der Waals surface area contributed by atoms with E-state index in [0.29, 0.717) is 25.6 Å². The van der Waals surface area contributed by atoms with Crippen molar-refractivity contribution in [2.24, 2.45) is 0 Å². The van der Waals surface area contributed by atoms with Crippen LogP contribution in [0, 0.1) is 0 Å². The average molecular weight is 269 g/mol. The van der Waals surface area contributed by atoms with Crippen LogP contribution in [0.1, 0.15) is 36.9 Å². The lowest BCUT2D eigenvalue weighted by molar-refractivity contribution is -0.143. The van der Waals surface area contributed by atoms with Crippen LogP contribution in [-0.4, -0.2) is 30.3 Å². The summed E-state index contributed by atoms with van der Waals surface area (Å²) in [6.07, 6.45) is 4.62. The molecule has 0 aromatic carbocycles. The molecule has 4 nitrogen and oxygen atoms in total. The Morgan fingerprint density at radius 3 is 3.28 bits per heavy atom. The fourth-order valence-corrected chi connectivity index (χ4v) is 2.92. The number of aromatic nitrogens is 1. The van der Waals surface area contributed by atoms with Gasteiger partial charge in [-0.15, -0.1) is 11.3 Å². The Kier molecular flexibility index (Phi) is 5.13. The maximum absolute atomic E-state index is 11.2. The standard InChI is InChI=1S/C13H19NO3S/c1-2-16-13(15)6-5-10-9-18-12(14-10)8-11-4-3-7-17-11/h9,11H,2-8H2,1H3. The Balaban J connectivity index is 1.76. The molecule has 1 fully saturated rings. The minimum atomic E-state index is -0.147. The van der Waals surface area contributed by atoms with E-state index in [1.165, 1.54) is 0 Å². The Bertz CT molecular complexity index is 385. The van der Waals surface area contributed by atoms with Gasteiger partial charge in [-0.2, -0.15) is 0 Å². The highest BCUT2D eigenvalue weighted by atomic mass is 32.1. The van der Waals surface area contributed by atoms with Gasteiger partial charge in [0.05, 0.1) is 29.8 Å². The van der Waals surface area contributed by atoms with Crippen molar-refractivity contribution in [3.63, 3.8) is 0 Å². The molecule has 100 valence electrons. The normalized spacial score (nSPS) is 19.1. The molecule has 0 saturated carbocycles. The summed E-state index contributed by atoms with van der Waals surface area (Å²) in [6.45, 7) is 3.15.